The first-order valence-corrected chi connectivity index (χ1v) is 8.27. The zero-order chi connectivity index (χ0) is 15.3. The molecule has 5 nitrogen and oxygen atoms in total. The largest absolute Gasteiger partial charge is 0.481 e. The molecule has 1 amide bonds. The number of carbonyl (C=O) groups excluding carboxylic acids is 1. The van der Waals surface area contributed by atoms with E-state index in [1.807, 2.05) is 0 Å². The molecule has 2 N–H and O–H groups in total. The molecule has 1 heterocycles. The van der Waals surface area contributed by atoms with Crippen LogP contribution >= 0.6 is 0 Å². The van der Waals surface area contributed by atoms with Crippen molar-refractivity contribution in [1.29, 1.82) is 0 Å². The van der Waals surface area contributed by atoms with E-state index in [0.29, 0.717) is 19.0 Å². The van der Waals surface area contributed by atoms with Gasteiger partial charge in [0.1, 0.15) is 0 Å². The normalized spacial score (nSPS) is 25.1. The van der Waals surface area contributed by atoms with E-state index >= 15 is 0 Å². The molecule has 2 rings (SSSR count). The van der Waals surface area contributed by atoms with E-state index in [1.165, 1.54) is 6.42 Å². The van der Waals surface area contributed by atoms with Crippen molar-refractivity contribution in [1.82, 2.24) is 10.2 Å². The van der Waals surface area contributed by atoms with E-state index in [-0.39, 0.29) is 17.7 Å². The summed E-state index contributed by atoms with van der Waals surface area (Å²) in [7, 11) is 0. The summed E-state index contributed by atoms with van der Waals surface area (Å²) in [6, 6.07) is 0.456. The number of carboxylic acid groups (broad SMARTS) is 1. The highest BCUT2D eigenvalue weighted by Crippen LogP contribution is 2.44. The third kappa shape index (κ3) is 4.43. The second-order valence-electron chi connectivity index (χ2n) is 6.68. The zero-order valence-electron chi connectivity index (χ0n) is 13.1. The molecule has 2 aliphatic rings. The van der Waals surface area contributed by atoms with Crippen molar-refractivity contribution in [2.75, 3.05) is 19.6 Å². The van der Waals surface area contributed by atoms with Gasteiger partial charge in [0, 0.05) is 19.0 Å². The molecule has 1 atom stereocenters. The molecule has 1 unspecified atom stereocenters. The molecule has 0 bridgehead atoms. The fraction of sp³-hybridized carbons (Fsp3) is 0.875. The molecular weight excluding hydrogens is 268 g/mol. The zero-order valence-corrected chi connectivity index (χ0v) is 13.1. The Hall–Kier alpha value is -1.10. The quantitative estimate of drug-likeness (QED) is 0.754. The van der Waals surface area contributed by atoms with Crippen LogP contribution in [0.4, 0.5) is 0 Å². The van der Waals surface area contributed by atoms with Gasteiger partial charge in [-0.2, -0.15) is 0 Å². The Morgan fingerprint density at radius 2 is 1.95 bits per heavy atom. The van der Waals surface area contributed by atoms with E-state index < -0.39 is 5.97 Å². The van der Waals surface area contributed by atoms with Crippen LogP contribution in [0.2, 0.25) is 0 Å². The van der Waals surface area contributed by atoms with E-state index in [2.05, 4.69) is 17.1 Å². The highest BCUT2D eigenvalue weighted by molar-refractivity contribution is 5.78. The van der Waals surface area contributed by atoms with Gasteiger partial charge in [0.25, 0.3) is 0 Å². The number of hydrogen-bond donors (Lipinski definition) is 2. The van der Waals surface area contributed by atoms with Gasteiger partial charge in [-0.15, -0.1) is 0 Å². The Balaban J connectivity index is 1.81. The van der Waals surface area contributed by atoms with Gasteiger partial charge in [-0.05, 0) is 44.2 Å². The van der Waals surface area contributed by atoms with Crippen LogP contribution < -0.4 is 5.32 Å². The SMILES string of the molecule is CCN1CCCC1CNC(=O)CC1(CC(=O)O)CCCC1. The highest BCUT2D eigenvalue weighted by atomic mass is 16.4. The molecule has 0 radical (unpaired) electrons. The summed E-state index contributed by atoms with van der Waals surface area (Å²) in [5, 5.41) is 12.1. The van der Waals surface area contributed by atoms with Gasteiger partial charge >= 0.3 is 5.97 Å². The monoisotopic (exact) mass is 296 g/mol. The summed E-state index contributed by atoms with van der Waals surface area (Å²) < 4.78 is 0. The summed E-state index contributed by atoms with van der Waals surface area (Å²) >= 11 is 0. The molecular formula is C16H28N2O3. The van der Waals surface area contributed by atoms with Crippen molar-refractivity contribution in [2.24, 2.45) is 5.41 Å². The molecule has 2 fully saturated rings. The van der Waals surface area contributed by atoms with Crippen molar-refractivity contribution in [3.8, 4) is 0 Å². The molecule has 1 saturated heterocycles. The van der Waals surface area contributed by atoms with E-state index in [0.717, 1.165) is 45.2 Å². The molecule has 1 aliphatic carbocycles. The number of aliphatic carboxylic acids is 1. The van der Waals surface area contributed by atoms with Crippen LogP contribution in [0, 0.1) is 5.41 Å². The summed E-state index contributed by atoms with van der Waals surface area (Å²) in [5.41, 5.74) is -0.296. The summed E-state index contributed by atoms with van der Waals surface area (Å²) in [5.74, 6) is -0.751. The molecule has 5 heteroatoms. The van der Waals surface area contributed by atoms with E-state index in [4.69, 9.17) is 5.11 Å². The van der Waals surface area contributed by atoms with E-state index in [9.17, 15) is 9.59 Å². The van der Waals surface area contributed by atoms with Crippen molar-refractivity contribution in [3.05, 3.63) is 0 Å². The fourth-order valence-corrected chi connectivity index (χ4v) is 4.04. The summed E-state index contributed by atoms with van der Waals surface area (Å²) in [6.07, 6.45) is 6.70. The molecule has 0 aromatic carbocycles. The maximum Gasteiger partial charge on any atom is 0.303 e. The van der Waals surface area contributed by atoms with Gasteiger partial charge < -0.3 is 10.4 Å². The molecule has 1 aliphatic heterocycles. The smallest absolute Gasteiger partial charge is 0.303 e. The van der Waals surface area contributed by atoms with Crippen molar-refractivity contribution < 1.29 is 14.7 Å². The number of likely N-dealkylation sites (tertiary alicyclic amines) is 1. The van der Waals surface area contributed by atoms with Crippen LogP contribution in [0.25, 0.3) is 0 Å². The minimum atomic E-state index is -0.780. The minimum Gasteiger partial charge on any atom is -0.481 e. The summed E-state index contributed by atoms with van der Waals surface area (Å²) in [4.78, 5) is 25.7. The standard InChI is InChI=1S/C16H28N2O3/c1-2-18-9-5-6-13(18)12-17-14(19)10-16(11-15(20)21)7-3-4-8-16/h13H,2-12H2,1H3,(H,17,19)(H,20,21). The Labute approximate surface area is 127 Å². The second kappa shape index (κ2) is 7.25. The predicted octanol–water partition coefficient (Wildman–Crippen LogP) is 2.01. The number of rotatable bonds is 7. The van der Waals surface area contributed by atoms with Gasteiger partial charge in [0.2, 0.25) is 5.91 Å². The molecule has 0 aromatic rings. The van der Waals surface area contributed by atoms with E-state index in [1.54, 1.807) is 0 Å². The van der Waals surface area contributed by atoms with Gasteiger partial charge in [-0.3, -0.25) is 14.5 Å². The maximum absolute atomic E-state index is 12.2. The van der Waals surface area contributed by atoms with Crippen LogP contribution in [-0.4, -0.2) is 47.6 Å². The Bertz CT molecular complexity index is 378. The van der Waals surface area contributed by atoms with Crippen molar-refractivity contribution in [3.63, 3.8) is 0 Å². The number of amides is 1. The van der Waals surface area contributed by atoms with Crippen molar-refractivity contribution in [2.45, 2.75) is 64.3 Å². The average Bonchev–Trinajstić information content (AvgIpc) is 3.04. The predicted molar refractivity (Wildman–Crippen MR) is 81.0 cm³/mol. The number of carboxylic acids is 1. The highest BCUT2D eigenvalue weighted by Gasteiger charge is 2.38. The van der Waals surface area contributed by atoms with Crippen LogP contribution in [0.1, 0.15) is 58.3 Å². The molecule has 21 heavy (non-hydrogen) atoms. The van der Waals surface area contributed by atoms with Crippen LogP contribution in [0.15, 0.2) is 0 Å². The Kier molecular flexibility index (Phi) is 5.62. The lowest BCUT2D eigenvalue weighted by atomic mass is 9.79. The number of hydrogen-bond acceptors (Lipinski definition) is 3. The topological polar surface area (TPSA) is 69.6 Å². The Morgan fingerprint density at radius 1 is 1.24 bits per heavy atom. The molecule has 1 saturated carbocycles. The number of carbonyl (C=O) groups is 2. The molecule has 0 aromatic heterocycles. The lowest BCUT2D eigenvalue weighted by molar-refractivity contribution is -0.140. The van der Waals surface area contributed by atoms with Crippen LogP contribution in [-0.2, 0) is 9.59 Å². The van der Waals surface area contributed by atoms with Crippen molar-refractivity contribution >= 4 is 11.9 Å². The lowest BCUT2D eigenvalue weighted by Crippen LogP contribution is -2.41. The average molecular weight is 296 g/mol. The minimum absolute atomic E-state index is 0.0288. The molecule has 0 spiro atoms. The lowest BCUT2D eigenvalue weighted by Gasteiger charge is -2.27. The third-order valence-corrected chi connectivity index (χ3v) is 5.17. The van der Waals surface area contributed by atoms with Gasteiger partial charge in [0.15, 0.2) is 0 Å². The van der Waals surface area contributed by atoms with Crippen LogP contribution in [0.5, 0.6) is 0 Å². The molecule has 120 valence electrons. The van der Waals surface area contributed by atoms with Gasteiger partial charge in [0.05, 0.1) is 6.42 Å². The van der Waals surface area contributed by atoms with Crippen LogP contribution in [0.3, 0.4) is 0 Å². The first-order chi connectivity index (χ1) is 10.0. The second-order valence-corrected chi connectivity index (χ2v) is 6.68. The summed E-state index contributed by atoms with van der Waals surface area (Å²) in [6.45, 7) is 5.01. The fourth-order valence-electron chi connectivity index (χ4n) is 4.04. The number of nitrogens with zero attached hydrogens (tertiary/aromatic N) is 1. The first-order valence-electron chi connectivity index (χ1n) is 8.27. The Morgan fingerprint density at radius 3 is 2.57 bits per heavy atom. The number of nitrogens with one attached hydrogen (secondary N) is 1. The first kappa shape index (κ1) is 16.3. The van der Waals surface area contributed by atoms with Gasteiger partial charge in [-0.25, -0.2) is 0 Å². The third-order valence-electron chi connectivity index (χ3n) is 5.17. The van der Waals surface area contributed by atoms with Gasteiger partial charge in [-0.1, -0.05) is 19.8 Å². The maximum atomic E-state index is 12.2. The number of likely N-dealkylation sites (N-methyl/N-ethyl adjacent to an activating group) is 1.